The zero-order valence-corrected chi connectivity index (χ0v) is 7.69. The predicted octanol–water partition coefficient (Wildman–Crippen LogP) is 0.459. The molecular weight excluding hydrogens is 162 g/mol. The lowest BCUT2D eigenvalue weighted by atomic mass is 10.4. The summed E-state index contributed by atoms with van der Waals surface area (Å²) in [5.74, 6) is 0.752. The van der Waals surface area contributed by atoms with Crippen molar-refractivity contribution in [3.05, 3.63) is 0 Å². The maximum Gasteiger partial charge on any atom is 0.222 e. The molecule has 0 heterocycles. The lowest BCUT2D eigenvalue weighted by molar-refractivity contribution is -0.122. The Balaban J connectivity index is 3.04. The largest absolute Gasteiger partial charge is 0.380 e. The monoisotopic (exact) mass is 177 g/mol. The van der Waals surface area contributed by atoms with Crippen LogP contribution >= 0.6 is 12.6 Å². The fraction of sp³-hybridized carbons (Fsp3) is 0.857. The fourth-order valence-corrected chi connectivity index (χ4v) is 0.746. The third kappa shape index (κ3) is 7.68. The summed E-state index contributed by atoms with van der Waals surface area (Å²) >= 11 is 3.96. The van der Waals surface area contributed by atoms with Gasteiger partial charge in [0.2, 0.25) is 5.91 Å². The Morgan fingerprint density at radius 1 is 1.55 bits per heavy atom. The summed E-state index contributed by atoms with van der Waals surface area (Å²) in [4.78, 5) is 10.8. The molecular formula is C7H15NO2S. The van der Waals surface area contributed by atoms with Crippen LogP contribution in [0.3, 0.4) is 0 Å². The topological polar surface area (TPSA) is 38.3 Å². The van der Waals surface area contributed by atoms with Crippen molar-refractivity contribution in [3.63, 3.8) is 0 Å². The minimum atomic E-state index is 0.0478. The minimum Gasteiger partial charge on any atom is -0.380 e. The number of nitrogens with one attached hydrogen (secondary N) is 1. The van der Waals surface area contributed by atoms with Gasteiger partial charge < -0.3 is 10.1 Å². The standard InChI is InChI=1S/C7H15NO2S/c1-2-8-7(9)3-4-10-5-6-11/h11H,2-6H2,1H3,(H,8,9). The van der Waals surface area contributed by atoms with E-state index in [9.17, 15) is 4.79 Å². The minimum absolute atomic E-state index is 0.0478. The van der Waals surface area contributed by atoms with E-state index in [2.05, 4.69) is 17.9 Å². The van der Waals surface area contributed by atoms with E-state index in [1.54, 1.807) is 0 Å². The summed E-state index contributed by atoms with van der Waals surface area (Å²) in [7, 11) is 0. The number of carbonyl (C=O) groups is 1. The van der Waals surface area contributed by atoms with Gasteiger partial charge in [-0.3, -0.25) is 4.79 Å². The van der Waals surface area contributed by atoms with Crippen LogP contribution in [0.25, 0.3) is 0 Å². The second-order valence-corrected chi connectivity index (χ2v) is 2.49. The van der Waals surface area contributed by atoms with Gasteiger partial charge in [-0.25, -0.2) is 0 Å². The van der Waals surface area contributed by atoms with Crippen molar-refractivity contribution < 1.29 is 9.53 Å². The van der Waals surface area contributed by atoms with Crippen molar-refractivity contribution in [1.82, 2.24) is 5.32 Å². The molecule has 0 unspecified atom stereocenters. The number of ether oxygens (including phenoxy) is 1. The van der Waals surface area contributed by atoms with Gasteiger partial charge >= 0.3 is 0 Å². The highest BCUT2D eigenvalue weighted by molar-refractivity contribution is 7.80. The summed E-state index contributed by atoms with van der Waals surface area (Å²) in [5, 5.41) is 2.68. The van der Waals surface area contributed by atoms with Gasteiger partial charge in [0.15, 0.2) is 0 Å². The highest BCUT2D eigenvalue weighted by Gasteiger charge is 1.97. The van der Waals surface area contributed by atoms with Crippen molar-refractivity contribution in [2.45, 2.75) is 13.3 Å². The van der Waals surface area contributed by atoms with E-state index in [4.69, 9.17) is 4.74 Å². The Labute approximate surface area is 72.9 Å². The molecule has 66 valence electrons. The lowest BCUT2D eigenvalue weighted by Crippen LogP contribution is -2.23. The Bertz CT molecular complexity index is 109. The van der Waals surface area contributed by atoms with Gasteiger partial charge in [0.25, 0.3) is 0 Å². The SMILES string of the molecule is CCNC(=O)CCOCCS. The highest BCUT2D eigenvalue weighted by Crippen LogP contribution is 1.83. The summed E-state index contributed by atoms with van der Waals surface area (Å²) in [6.45, 7) is 3.69. The van der Waals surface area contributed by atoms with Crippen molar-refractivity contribution in [1.29, 1.82) is 0 Å². The lowest BCUT2D eigenvalue weighted by Gasteiger charge is -2.01. The van der Waals surface area contributed by atoms with Crippen LogP contribution in [0.15, 0.2) is 0 Å². The first kappa shape index (κ1) is 10.8. The van der Waals surface area contributed by atoms with Gasteiger partial charge in [0, 0.05) is 18.7 Å². The molecule has 0 aromatic rings. The summed E-state index contributed by atoms with van der Waals surface area (Å²) < 4.78 is 5.06. The van der Waals surface area contributed by atoms with E-state index in [1.807, 2.05) is 6.92 Å². The quantitative estimate of drug-likeness (QED) is 0.457. The summed E-state index contributed by atoms with van der Waals surface area (Å²) in [5.41, 5.74) is 0. The molecule has 0 bridgehead atoms. The molecule has 0 atom stereocenters. The first-order valence-corrected chi connectivity index (χ1v) is 4.39. The first-order chi connectivity index (χ1) is 5.31. The van der Waals surface area contributed by atoms with Crippen LogP contribution in [-0.2, 0) is 9.53 Å². The number of rotatable bonds is 6. The van der Waals surface area contributed by atoms with Crippen LogP contribution in [0, 0.1) is 0 Å². The van der Waals surface area contributed by atoms with Gasteiger partial charge in [-0.05, 0) is 6.92 Å². The molecule has 3 nitrogen and oxygen atoms in total. The fourth-order valence-electron chi connectivity index (χ4n) is 0.617. The molecule has 11 heavy (non-hydrogen) atoms. The second-order valence-electron chi connectivity index (χ2n) is 2.04. The first-order valence-electron chi connectivity index (χ1n) is 3.76. The highest BCUT2D eigenvalue weighted by atomic mass is 32.1. The number of thiol groups is 1. The van der Waals surface area contributed by atoms with Crippen molar-refractivity contribution in [2.24, 2.45) is 0 Å². The zero-order chi connectivity index (χ0) is 8.53. The molecule has 0 rings (SSSR count). The summed E-state index contributed by atoms with van der Waals surface area (Å²) in [6.07, 6.45) is 0.446. The van der Waals surface area contributed by atoms with Gasteiger partial charge in [0.1, 0.15) is 0 Å². The van der Waals surface area contributed by atoms with Crippen molar-refractivity contribution in [3.8, 4) is 0 Å². The number of hydrogen-bond donors (Lipinski definition) is 2. The van der Waals surface area contributed by atoms with E-state index in [1.165, 1.54) is 0 Å². The average Bonchev–Trinajstić information content (AvgIpc) is 1.99. The van der Waals surface area contributed by atoms with Crippen LogP contribution in [0.4, 0.5) is 0 Å². The molecule has 0 aliphatic heterocycles. The number of amides is 1. The molecule has 4 heteroatoms. The molecule has 0 spiro atoms. The third-order valence-corrected chi connectivity index (χ3v) is 1.27. The van der Waals surface area contributed by atoms with Crippen LogP contribution in [-0.4, -0.2) is 31.4 Å². The Morgan fingerprint density at radius 3 is 2.82 bits per heavy atom. The number of carbonyl (C=O) groups excluding carboxylic acids is 1. The zero-order valence-electron chi connectivity index (χ0n) is 6.80. The number of hydrogen-bond acceptors (Lipinski definition) is 3. The molecule has 1 amide bonds. The average molecular weight is 177 g/mol. The van der Waals surface area contributed by atoms with Gasteiger partial charge in [-0.2, -0.15) is 12.6 Å². The Hall–Kier alpha value is -0.220. The Kier molecular flexibility index (Phi) is 7.72. The van der Waals surface area contributed by atoms with E-state index in [0.717, 1.165) is 0 Å². The van der Waals surface area contributed by atoms with Crippen LogP contribution in [0.1, 0.15) is 13.3 Å². The van der Waals surface area contributed by atoms with Gasteiger partial charge in [-0.15, -0.1) is 0 Å². The van der Waals surface area contributed by atoms with E-state index >= 15 is 0 Å². The normalized spacial score (nSPS) is 9.64. The second kappa shape index (κ2) is 7.88. The maximum atomic E-state index is 10.8. The smallest absolute Gasteiger partial charge is 0.222 e. The molecule has 0 saturated carbocycles. The van der Waals surface area contributed by atoms with Crippen molar-refractivity contribution >= 4 is 18.5 Å². The van der Waals surface area contributed by atoms with Crippen LogP contribution < -0.4 is 5.32 Å². The molecule has 0 fully saturated rings. The molecule has 1 N–H and O–H groups in total. The summed E-state index contributed by atoms with van der Waals surface area (Å²) in [6, 6.07) is 0. The van der Waals surface area contributed by atoms with E-state index in [0.29, 0.717) is 31.9 Å². The molecule has 0 aliphatic carbocycles. The molecule has 0 aliphatic rings. The Morgan fingerprint density at radius 2 is 2.27 bits per heavy atom. The van der Waals surface area contributed by atoms with Gasteiger partial charge in [0.05, 0.1) is 13.2 Å². The predicted molar refractivity (Wildman–Crippen MR) is 48.0 cm³/mol. The van der Waals surface area contributed by atoms with Crippen molar-refractivity contribution in [2.75, 3.05) is 25.5 Å². The van der Waals surface area contributed by atoms with E-state index in [-0.39, 0.29) is 5.91 Å². The molecule has 0 aromatic heterocycles. The van der Waals surface area contributed by atoms with Gasteiger partial charge in [-0.1, -0.05) is 0 Å². The molecule has 0 aromatic carbocycles. The third-order valence-electron chi connectivity index (χ3n) is 1.08. The van der Waals surface area contributed by atoms with Crippen LogP contribution in [0.2, 0.25) is 0 Å². The molecule has 0 radical (unpaired) electrons. The maximum absolute atomic E-state index is 10.8. The van der Waals surface area contributed by atoms with E-state index < -0.39 is 0 Å². The van der Waals surface area contributed by atoms with Crippen LogP contribution in [0.5, 0.6) is 0 Å². The molecule has 0 saturated heterocycles.